The quantitative estimate of drug-likeness (QED) is 0.0389. The van der Waals surface area contributed by atoms with Gasteiger partial charge in [-0.05, 0) is 160 Å². The molecule has 0 aliphatic carbocycles. The van der Waals surface area contributed by atoms with Gasteiger partial charge in [0.05, 0.1) is 107 Å². The molecule has 0 bridgehead atoms. The molecule has 3 aromatic heterocycles. The standard InChI is InChI=1S/C106H118Cl3F2N23O7/c1-121-34-8-16-80(121)65-139-104-116-90-63-127(39-29-84(90)102(118-104)131-43-46-134(79(61-131)26-33-114)97(138)23-11-47-135)93-52-71(48-69-14-5-18-87(108)99(69)93)74-51-82(123(3)55-74)67-141-106-117-91-64-128(40-30-85(91)103(120-106)130-42-45-133(78(60-130)25-32-113)96(137)22-10-36-125-57-76(111)58-125)94-53-72(49-70-15-6-19-88(109)100(70)94)73-50-81(122(2)54-73)66-140-105-115-89-62-126(92-20-7-13-68-12-4-17-86(107)98(68)92)38-28-83(89)101(119-105)129-41-44-132(77(59-129)24-31-112)95(136)21-9-35-124-37-27-75(110)56-124/h4-7,9-10,12-15,17-22,48-49,52-53,73-82,135H,8,16,24-30,34-47,50-51,54-67H2,1-3H3/b21-9+,22-10+/t73?,74?,75?,77-,78-,79-,80-,81-,82-/m0/s1. The van der Waals surface area contributed by atoms with Gasteiger partial charge in [-0.2, -0.15) is 45.7 Å². The van der Waals surface area contributed by atoms with Crippen LogP contribution in [-0.4, -0.2) is 326 Å². The zero-order valence-electron chi connectivity index (χ0n) is 80.0. The van der Waals surface area contributed by atoms with Crippen molar-refractivity contribution in [3.8, 4) is 48.1 Å². The topological polar surface area (TPSA) is 293 Å². The number of carbonyl (C=O) groups is 3. The molecule has 11 aliphatic heterocycles. The number of carbonyl (C=O) groups excluding carboxylic acids is 3. The fourth-order valence-corrected chi connectivity index (χ4v) is 24.0. The van der Waals surface area contributed by atoms with Crippen molar-refractivity contribution in [2.75, 3.05) is 214 Å². The zero-order valence-corrected chi connectivity index (χ0v) is 82.2. The Hall–Kier alpha value is -12.1. The molecule has 30 nitrogen and oxygen atoms in total. The average molecular weight is 1970 g/mol. The Morgan fingerprint density at radius 2 is 0.858 bits per heavy atom. The summed E-state index contributed by atoms with van der Waals surface area (Å²) in [6.45, 7) is 12.2. The number of amides is 3. The summed E-state index contributed by atoms with van der Waals surface area (Å²) in [7, 11) is 6.40. The third kappa shape index (κ3) is 20.7. The highest BCUT2D eigenvalue weighted by Crippen LogP contribution is 2.47. The molecule has 0 radical (unpaired) electrons. The number of nitriles is 3. The van der Waals surface area contributed by atoms with Crippen molar-refractivity contribution in [3.05, 3.63) is 181 Å². The molecule has 8 saturated heterocycles. The number of alkyl halides is 2. The number of hydrogen-bond donors (Lipinski definition) is 1. The van der Waals surface area contributed by atoms with Gasteiger partial charge in [0.15, 0.2) is 0 Å². The fourth-order valence-electron chi connectivity index (χ4n) is 23.2. The van der Waals surface area contributed by atoms with Crippen LogP contribution >= 0.6 is 34.8 Å². The van der Waals surface area contributed by atoms with Gasteiger partial charge < -0.3 is 68.3 Å². The van der Waals surface area contributed by atoms with E-state index < -0.39 is 43.0 Å². The lowest BCUT2D eigenvalue weighted by Crippen LogP contribution is -2.55. The molecule has 11 aliphatic rings. The number of ether oxygens (including phenoxy) is 3. The Balaban J connectivity index is 0.565. The molecule has 141 heavy (non-hydrogen) atoms. The number of fused-ring (bicyclic) bond motifs is 6. The van der Waals surface area contributed by atoms with Crippen LogP contribution in [0.4, 0.5) is 43.3 Å². The number of aromatic nitrogens is 6. The van der Waals surface area contributed by atoms with Crippen LogP contribution in [0.25, 0.3) is 32.3 Å². The summed E-state index contributed by atoms with van der Waals surface area (Å²) in [5, 5.41) is 48.0. The summed E-state index contributed by atoms with van der Waals surface area (Å²) >= 11 is 21.8. The van der Waals surface area contributed by atoms with E-state index in [0.29, 0.717) is 197 Å². The number of likely N-dealkylation sites (tertiary alicyclic amines) is 5. The van der Waals surface area contributed by atoms with Crippen LogP contribution in [0.3, 0.4) is 0 Å². The number of nitrogens with zero attached hydrogens (tertiary/aromatic N) is 23. The van der Waals surface area contributed by atoms with E-state index in [9.17, 15) is 44.1 Å². The van der Waals surface area contributed by atoms with E-state index in [2.05, 4.69) is 156 Å². The van der Waals surface area contributed by atoms with E-state index in [0.717, 1.165) is 151 Å². The first-order valence-corrected chi connectivity index (χ1v) is 50.8. The summed E-state index contributed by atoms with van der Waals surface area (Å²) < 4.78 is 48.5. The smallest absolute Gasteiger partial charge is 0.318 e. The van der Waals surface area contributed by atoms with E-state index >= 15 is 0 Å². The van der Waals surface area contributed by atoms with Crippen LogP contribution in [-0.2, 0) is 53.3 Å². The number of aliphatic hydroxyl groups is 1. The third-order valence-corrected chi connectivity index (χ3v) is 31.7. The van der Waals surface area contributed by atoms with Crippen LogP contribution in [0.1, 0.15) is 108 Å². The Labute approximate surface area is 836 Å². The second kappa shape index (κ2) is 42.6. The second-order valence-corrected chi connectivity index (χ2v) is 40.8. The van der Waals surface area contributed by atoms with Gasteiger partial charge >= 0.3 is 18.0 Å². The van der Waals surface area contributed by atoms with Gasteiger partial charge in [0.2, 0.25) is 11.8 Å². The number of halogens is 5. The molecule has 14 heterocycles. The fraction of sp³-hybridized carbons (Fsp3) is 0.491. The number of hydrogen-bond acceptors (Lipinski definition) is 27. The molecular formula is C106H118Cl3F2N23O7. The van der Waals surface area contributed by atoms with E-state index in [1.165, 1.54) is 0 Å². The maximum absolute atomic E-state index is 14.2. The van der Waals surface area contributed by atoms with Gasteiger partial charge in [-0.25, -0.2) is 8.78 Å². The number of anilines is 6. The van der Waals surface area contributed by atoms with Gasteiger partial charge in [0.1, 0.15) is 56.2 Å². The van der Waals surface area contributed by atoms with Crippen LogP contribution in [0.15, 0.2) is 121 Å². The summed E-state index contributed by atoms with van der Waals surface area (Å²) in [5.74, 6) is 6.56. The van der Waals surface area contributed by atoms with E-state index in [4.69, 9.17) is 78.9 Å². The van der Waals surface area contributed by atoms with Crippen molar-refractivity contribution in [1.29, 1.82) is 15.8 Å². The number of benzene rings is 6. The maximum Gasteiger partial charge on any atom is 0.318 e. The minimum atomic E-state index is -0.862. The lowest BCUT2D eigenvalue weighted by molar-refractivity contribution is -0.129. The van der Waals surface area contributed by atoms with Crippen molar-refractivity contribution >= 4 is 119 Å². The predicted octanol–water partition coefficient (Wildman–Crippen LogP) is 12.0. The van der Waals surface area contributed by atoms with Crippen molar-refractivity contribution in [2.24, 2.45) is 0 Å². The normalized spacial score (nSPS) is 23.3. The SMILES string of the molecule is CN1CCC[C@H]1COc1nc2c(c(N3CCN(C(=O)C#CCO)[C@@H](CC#N)C3)n1)CCN(c1cc(C3C[C@@H](COc4nc5c(c(N6CCN(C(=O)/C=C/CN7CC(F)C7)[C@@H](CC#N)C6)n4)CCN(c4cc(C6C[C@@H](COc7nc8c(c(N9CCN(C(=O)/C=C/CN%10CCC(F)C%10)[C@@H](CC#N)C9)n7)CCN(c7cccc9cccc(Cl)c79)C8)N(C)C6)cc6cccc(Cl)c46)C5)N(C)C3)cc3cccc(Cl)c13)C2. The molecule has 8 fully saturated rings. The molecule has 1 N–H and O–H groups in total. The molecule has 35 heteroatoms. The molecule has 9 atom stereocenters. The Morgan fingerprint density at radius 1 is 0.440 bits per heavy atom. The Bertz CT molecular complexity index is 6500. The molecular weight excluding hydrogens is 1850 g/mol. The second-order valence-electron chi connectivity index (χ2n) is 39.6. The van der Waals surface area contributed by atoms with Crippen molar-refractivity contribution in [3.63, 3.8) is 0 Å². The Kier molecular flexibility index (Phi) is 29.2. The first kappa shape index (κ1) is 96.4. The Morgan fingerprint density at radius 3 is 1.29 bits per heavy atom. The van der Waals surface area contributed by atoms with Crippen LogP contribution in [0, 0.1) is 45.8 Å². The summed E-state index contributed by atoms with van der Waals surface area (Å²) in [6, 6.07) is 40.1. The number of likely N-dealkylation sites (N-methyl/N-ethyl adjacent to an activating group) is 3. The van der Waals surface area contributed by atoms with Gasteiger partial charge in [-0.3, -0.25) is 34.0 Å². The molecule has 0 saturated carbocycles. The molecule has 20 rings (SSSR count). The van der Waals surface area contributed by atoms with Crippen molar-refractivity contribution in [2.45, 2.75) is 151 Å². The minimum Gasteiger partial charge on any atom is -0.462 e. The zero-order chi connectivity index (χ0) is 97.2. The number of aliphatic hydroxyl groups excluding tert-OH is 1. The summed E-state index contributed by atoms with van der Waals surface area (Å²) in [6.07, 6.45) is 11.2. The lowest BCUT2D eigenvalue weighted by Gasteiger charge is -2.42. The first-order valence-electron chi connectivity index (χ1n) is 49.6. The average Bonchev–Trinajstić information content (AvgIpc) is 1.46. The van der Waals surface area contributed by atoms with E-state index in [1.54, 1.807) is 32.9 Å². The summed E-state index contributed by atoms with van der Waals surface area (Å²) in [4.78, 5) is 103. The number of rotatable bonds is 26. The highest BCUT2D eigenvalue weighted by atomic mass is 35.5. The number of piperazine rings is 3. The molecule has 3 amide bonds. The van der Waals surface area contributed by atoms with Crippen molar-refractivity contribution < 1.29 is 42.5 Å². The van der Waals surface area contributed by atoms with Crippen molar-refractivity contribution in [1.82, 2.24) is 69.1 Å². The predicted molar refractivity (Wildman–Crippen MR) is 541 cm³/mol. The molecule has 3 unspecified atom stereocenters. The van der Waals surface area contributed by atoms with Gasteiger partial charge in [0.25, 0.3) is 5.91 Å². The van der Waals surface area contributed by atoms with E-state index in [1.807, 2.05) is 52.3 Å². The maximum atomic E-state index is 14.2. The highest BCUT2D eigenvalue weighted by molar-refractivity contribution is 6.38. The monoisotopic (exact) mass is 1970 g/mol. The molecule has 9 aromatic rings. The van der Waals surface area contributed by atoms with Gasteiger partial charge in [0, 0.05) is 211 Å². The third-order valence-electron chi connectivity index (χ3n) is 30.8. The molecule has 6 aromatic carbocycles. The van der Waals surface area contributed by atoms with Crippen LogP contribution < -0.4 is 43.6 Å². The highest BCUT2D eigenvalue weighted by Gasteiger charge is 2.43. The molecule has 734 valence electrons. The lowest BCUT2D eigenvalue weighted by atomic mass is 9.92. The first-order chi connectivity index (χ1) is 68.6. The molecule has 0 spiro atoms. The van der Waals surface area contributed by atoms with E-state index in [-0.39, 0.29) is 85.7 Å². The minimum absolute atomic E-state index is 0.0465. The summed E-state index contributed by atoms with van der Waals surface area (Å²) in [5.41, 5.74) is 10.7. The van der Waals surface area contributed by atoms with Crippen LogP contribution in [0.5, 0.6) is 18.0 Å². The van der Waals surface area contributed by atoms with Crippen LogP contribution in [0.2, 0.25) is 15.1 Å². The van der Waals surface area contributed by atoms with Gasteiger partial charge in [-0.15, -0.1) is 0 Å². The van der Waals surface area contributed by atoms with Gasteiger partial charge in [-0.1, -0.05) is 114 Å². The largest absolute Gasteiger partial charge is 0.462 e.